The molecule has 5 heterocycles. The number of halogens is 13. The molecule has 0 atom stereocenters. The molecular weight excluding hydrogens is 1400 g/mol. The van der Waals surface area contributed by atoms with Crippen molar-refractivity contribution in [1.82, 2.24) is 50.0 Å². The summed E-state index contributed by atoms with van der Waals surface area (Å²) in [7, 11) is 0. The standard InChI is InChI=1S/C16H12F3N5O3.C16H15F3N4O2.C15H11F3N4O.C13H7BrF3N3.C2H5NO/c1-8(25)21-12-7-20-11(13(22-12)14-23-15(26)27-24-14)6-9-2-4-10(5-3-9)16(17,18)19;1-9(25)22-14-7-21-13(15(23-14)12(20)8-24)6-10-2-4-11(5-3-10)16(17,18)19;1-9(23)21-14-8-20-12(13(7-19)22-14)6-10-2-4-11(5-3-10)15(16,17)18;14-12-7-19-10(11(6-18)20-12)5-8-1-3-9(4-2-8)13(15,16)17;1-2(3)4/h2-5,7H,6H2,1H3,(H,21,22,25)(H,23,24,26);2-5,7,20,24H,6,8H2,1H3,(H,22,23,25);2-5,8H,6H2,1H3,(H,21,22,23);1-4,7H,5H2;1H3,(H2,3,4). The zero-order valence-electron chi connectivity index (χ0n) is 51.4. The molecule has 0 saturated heterocycles. The van der Waals surface area contributed by atoms with Crippen molar-refractivity contribution in [3.05, 3.63) is 221 Å². The average molecular weight is 1450 g/mol. The van der Waals surface area contributed by atoms with Crippen molar-refractivity contribution in [2.24, 2.45) is 5.73 Å². The molecule has 4 aromatic carbocycles. The number of amides is 4. The molecule has 9 rings (SSSR count). The normalized spacial score (nSPS) is 11.0. The Kier molecular flexibility index (Phi) is 27.4. The molecule has 99 heavy (non-hydrogen) atoms. The molecule has 24 nitrogen and oxygen atoms in total. The number of rotatable bonds is 14. The molecule has 5 aromatic heterocycles. The summed E-state index contributed by atoms with van der Waals surface area (Å²) in [6.45, 7) is 4.59. The van der Waals surface area contributed by atoms with Crippen LogP contribution >= 0.6 is 15.9 Å². The Morgan fingerprint density at radius 3 is 1.17 bits per heavy atom. The fourth-order valence-corrected chi connectivity index (χ4v) is 8.19. The minimum absolute atomic E-state index is 0.0103. The third-order valence-corrected chi connectivity index (χ3v) is 12.6. The Bertz CT molecular complexity index is 4460. The summed E-state index contributed by atoms with van der Waals surface area (Å²) < 4.78 is 156. The quantitative estimate of drug-likeness (QED) is 0.0393. The smallest absolute Gasteiger partial charge is 0.390 e. The number of aliphatic hydroxyl groups excluding tert-OH is 1. The molecule has 0 aliphatic heterocycles. The van der Waals surface area contributed by atoms with E-state index in [0.29, 0.717) is 49.6 Å². The van der Waals surface area contributed by atoms with Gasteiger partial charge in [0, 0.05) is 53.4 Å². The van der Waals surface area contributed by atoms with Gasteiger partial charge < -0.3 is 32.2 Å². The van der Waals surface area contributed by atoms with Crippen molar-refractivity contribution in [3.8, 4) is 23.7 Å². The first-order valence-electron chi connectivity index (χ1n) is 27.7. The first-order chi connectivity index (χ1) is 46.3. The highest BCUT2D eigenvalue weighted by Gasteiger charge is 2.33. The number of aromatic nitrogens is 10. The van der Waals surface area contributed by atoms with E-state index >= 15 is 0 Å². The van der Waals surface area contributed by atoms with Crippen LogP contribution in [0.15, 0.2) is 136 Å². The lowest BCUT2D eigenvalue weighted by atomic mass is 10.0. The van der Waals surface area contributed by atoms with Gasteiger partial charge >= 0.3 is 30.5 Å². The monoisotopic (exact) mass is 1450 g/mol. The minimum Gasteiger partial charge on any atom is -0.390 e. The zero-order valence-corrected chi connectivity index (χ0v) is 53.0. The lowest BCUT2D eigenvalue weighted by molar-refractivity contribution is -0.138. The van der Waals surface area contributed by atoms with Crippen molar-refractivity contribution in [2.45, 2.75) is 78.1 Å². The number of nitrogens with one attached hydrogen (secondary N) is 5. The van der Waals surface area contributed by atoms with E-state index in [1.165, 1.54) is 101 Å². The predicted molar refractivity (Wildman–Crippen MR) is 330 cm³/mol. The number of carbonyl (C=O) groups is 4. The van der Waals surface area contributed by atoms with E-state index in [0.717, 1.165) is 48.5 Å². The largest absolute Gasteiger partial charge is 0.439 e. The van der Waals surface area contributed by atoms with Gasteiger partial charge in [0.25, 0.3) is 0 Å². The Labute approximate surface area is 559 Å². The lowest BCUT2D eigenvalue weighted by Crippen LogP contribution is -2.16. The van der Waals surface area contributed by atoms with Crippen LogP contribution in [0, 0.1) is 28.1 Å². The van der Waals surface area contributed by atoms with Gasteiger partial charge in [0.05, 0.1) is 82.1 Å². The number of benzene rings is 4. The van der Waals surface area contributed by atoms with Crippen LogP contribution in [-0.4, -0.2) is 91.1 Å². The van der Waals surface area contributed by atoms with Crippen molar-refractivity contribution >= 4 is 62.7 Å². The number of hydrogen-bond acceptors (Lipinski definition) is 19. The van der Waals surface area contributed by atoms with E-state index in [2.05, 4.69) is 92.1 Å². The van der Waals surface area contributed by atoms with Gasteiger partial charge in [-0.05, 0) is 86.7 Å². The van der Waals surface area contributed by atoms with Gasteiger partial charge in [-0.3, -0.25) is 48.6 Å². The summed E-state index contributed by atoms with van der Waals surface area (Å²) >= 11 is 3.10. The molecule has 4 amide bonds. The van der Waals surface area contributed by atoms with Crippen LogP contribution in [0.5, 0.6) is 0 Å². The van der Waals surface area contributed by atoms with Crippen LogP contribution in [0.25, 0.3) is 11.5 Å². The number of H-pyrrole nitrogens is 1. The van der Waals surface area contributed by atoms with Crippen molar-refractivity contribution in [3.63, 3.8) is 0 Å². The van der Waals surface area contributed by atoms with Gasteiger partial charge in [-0.15, -0.1) is 0 Å². The first-order valence-corrected chi connectivity index (χ1v) is 28.5. The summed E-state index contributed by atoms with van der Waals surface area (Å²) in [6, 6.07) is 22.3. The number of carbonyl (C=O) groups excluding carboxylic acids is 4. The summed E-state index contributed by atoms with van der Waals surface area (Å²) in [4.78, 5) is 88.6. The second kappa shape index (κ2) is 34.8. The van der Waals surface area contributed by atoms with Gasteiger partial charge in [-0.2, -0.15) is 63.2 Å². The number of aliphatic hydroxyl groups is 1. The molecule has 516 valence electrons. The lowest BCUT2D eigenvalue weighted by Gasteiger charge is -2.11. The molecule has 0 saturated carbocycles. The maximum absolute atomic E-state index is 12.7. The second-order valence-electron chi connectivity index (χ2n) is 20.1. The number of nitrogens with zero attached hydrogens (tertiary/aromatic N) is 11. The summed E-state index contributed by atoms with van der Waals surface area (Å²) in [5.74, 6) is -1.86. The van der Waals surface area contributed by atoms with Crippen LogP contribution in [0.3, 0.4) is 0 Å². The Morgan fingerprint density at radius 2 is 0.838 bits per heavy atom. The van der Waals surface area contributed by atoms with Crippen LogP contribution in [0.1, 0.15) is 112 Å². The summed E-state index contributed by atoms with van der Waals surface area (Å²) in [6.07, 6.45) is -11.6. The molecule has 0 aliphatic carbocycles. The fourth-order valence-electron chi connectivity index (χ4n) is 7.91. The molecule has 9 aromatic rings. The third-order valence-electron chi connectivity index (χ3n) is 12.2. The van der Waals surface area contributed by atoms with Gasteiger partial charge in [0.1, 0.15) is 28.1 Å². The molecule has 0 fully saturated rings. The van der Waals surface area contributed by atoms with E-state index in [1.54, 1.807) is 0 Å². The number of primary amides is 1. The van der Waals surface area contributed by atoms with E-state index < -0.39 is 59.3 Å². The average Bonchev–Trinajstić information content (AvgIpc) is 1.81. The molecular formula is C62H50BrF12N17O7. The maximum Gasteiger partial charge on any atom is 0.439 e. The summed E-state index contributed by atoms with van der Waals surface area (Å²) in [5, 5.41) is 45.8. The number of nitriles is 2. The van der Waals surface area contributed by atoms with Gasteiger partial charge in [-0.25, -0.2) is 24.7 Å². The van der Waals surface area contributed by atoms with E-state index in [9.17, 15) is 81.8 Å². The number of nitrogens with two attached hydrogens (primary N) is 1. The van der Waals surface area contributed by atoms with Crippen LogP contribution in [0.2, 0.25) is 0 Å². The first kappa shape index (κ1) is 78.0. The Morgan fingerprint density at radius 1 is 0.525 bits per heavy atom. The highest BCUT2D eigenvalue weighted by molar-refractivity contribution is 9.10. The Hall–Kier alpha value is -11.7. The van der Waals surface area contributed by atoms with Crippen LogP contribution in [-0.2, 0) is 69.6 Å². The van der Waals surface area contributed by atoms with Crippen LogP contribution in [0.4, 0.5) is 70.1 Å². The highest BCUT2D eigenvalue weighted by Crippen LogP contribution is 2.33. The number of hydrogen-bond donors (Lipinski definition) is 7. The Balaban J connectivity index is 0.000000235. The van der Waals surface area contributed by atoms with Gasteiger partial charge in [-0.1, -0.05) is 53.7 Å². The van der Waals surface area contributed by atoms with Crippen molar-refractivity contribution < 1.29 is 81.5 Å². The third kappa shape index (κ3) is 25.4. The van der Waals surface area contributed by atoms with Gasteiger partial charge in [0.2, 0.25) is 29.5 Å². The minimum atomic E-state index is -4.43. The molecule has 8 N–H and O–H groups in total. The van der Waals surface area contributed by atoms with E-state index in [-0.39, 0.29) is 101 Å². The van der Waals surface area contributed by atoms with E-state index in [4.69, 9.17) is 15.9 Å². The highest BCUT2D eigenvalue weighted by atomic mass is 79.9. The SMILES string of the molecule is CC(=O)Nc1cnc(Cc2ccc(C(F)(F)F)cc2)c(-c2noc(=O)[nH]2)n1.CC(=O)Nc1cnc(Cc2ccc(C(F)(F)F)cc2)c(C#N)n1.CC(=O)Nc1cnc(Cc2ccc(C(F)(F)F)cc2)c(C(=N)CO)n1.CC(N)=O.N#Cc1nc(Br)cnc1Cc1ccc(C(F)(F)F)cc1. The topological polar surface area (TPSA) is 384 Å². The molecule has 0 radical (unpaired) electrons. The molecule has 0 aliphatic rings. The zero-order chi connectivity index (χ0) is 73.6. The second-order valence-corrected chi connectivity index (χ2v) is 20.9. The maximum atomic E-state index is 12.7. The molecule has 0 unspecified atom stereocenters. The summed E-state index contributed by atoms with van der Waals surface area (Å²) in [5.41, 5.74) is 5.33. The van der Waals surface area contributed by atoms with E-state index in [1.807, 2.05) is 12.1 Å². The number of alkyl halides is 12. The number of anilines is 3. The van der Waals surface area contributed by atoms with Gasteiger partial charge in [0.15, 0.2) is 28.8 Å². The molecule has 0 bridgehead atoms. The fraction of sp³-hybridized carbons (Fsp3) is 0.210. The van der Waals surface area contributed by atoms with Crippen molar-refractivity contribution in [1.29, 1.82) is 15.9 Å². The molecule has 0 spiro atoms. The van der Waals surface area contributed by atoms with Crippen molar-refractivity contribution in [2.75, 3.05) is 22.6 Å². The molecule has 37 heteroatoms. The predicted octanol–water partition coefficient (Wildman–Crippen LogP) is 10.9. The van der Waals surface area contributed by atoms with Crippen LogP contribution < -0.4 is 27.4 Å². The number of aromatic amines is 1.